The number of ketones is 1. The predicted octanol–water partition coefficient (Wildman–Crippen LogP) is -0.442. The van der Waals surface area contributed by atoms with Crippen LogP contribution in [0.25, 0.3) is 0 Å². The van der Waals surface area contributed by atoms with Crippen molar-refractivity contribution in [1.29, 1.82) is 5.41 Å². The van der Waals surface area contributed by atoms with Crippen molar-refractivity contribution in [3.05, 3.63) is 0 Å². The first-order valence-electron chi connectivity index (χ1n) is 6.42. The molecule has 0 bridgehead atoms. The molecule has 21 heavy (non-hydrogen) atoms. The van der Waals surface area contributed by atoms with Crippen molar-refractivity contribution in [2.45, 2.75) is 45.3 Å². The summed E-state index contributed by atoms with van der Waals surface area (Å²) in [4.78, 5) is 44.7. The molecule has 2 amide bonds. The molecule has 8 heteroatoms. The molecule has 0 aliphatic heterocycles. The van der Waals surface area contributed by atoms with Gasteiger partial charge in [0.1, 0.15) is 11.6 Å². The number of esters is 1. The highest BCUT2D eigenvalue weighted by Crippen LogP contribution is 2.10. The standard InChI is InChI=1S/C13H21N3O5/c1-13(2,3)21-12(20)10(5-4-9(18)6-14)16-11(19)7-15-8-17/h6,8,10,14H,4-5,7H2,1-3H3,(H,15,17)(H,16,19). The van der Waals surface area contributed by atoms with E-state index in [9.17, 15) is 19.2 Å². The Morgan fingerprint density at radius 3 is 2.38 bits per heavy atom. The summed E-state index contributed by atoms with van der Waals surface area (Å²) in [7, 11) is 0. The number of nitrogens with one attached hydrogen (secondary N) is 3. The third kappa shape index (κ3) is 9.31. The molecule has 1 unspecified atom stereocenters. The van der Waals surface area contributed by atoms with Crippen LogP contribution in [-0.4, -0.2) is 48.5 Å². The average molecular weight is 299 g/mol. The molecule has 0 aromatic rings. The first kappa shape index (κ1) is 18.8. The van der Waals surface area contributed by atoms with Gasteiger partial charge in [-0.2, -0.15) is 0 Å². The van der Waals surface area contributed by atoms with E-state index in [1.807, 2.05) is 0 Å². The predicted molar refractivity (Wildman–Crippen MR) is 74.9 cm³/mol. The monoisotopic (exact) mass is 299 g/mol. The quantitative estimate of drug-likeness (QED) is 0.302. The van der Waals surface area contributed by atoms with E-state index in [0.717, 1.165) is 0 Å². The Morgan fingerprint density at radius 1 is 1.29 bits per heavy atom. The largest absolute Gasteiger partial charge is 0.458 e. The first-order chi connectivity index (χ1) is 9.69. The van der Waals surface area contributed by atoms with Crippen LogP contribution >= 0.6 is 0 Å². The molecule has 0 rings (SSSR count). The highest BCUT2D eigenvalue weighted by Gasteiger charge is 2.26. The maximum Gasteiger partial charge on any atom is 0.329 e. The van der Waals surface area contributed by atoms with Gasteiger partial charge in [0.15, 0.2) is 5.78 Å². The highest BCUT2D eigenvalue weighted by molar-refractivity contribution is 6.26. The lowest BCUT2D eigenvalue weighted by atomic mass is 10.1. The Morgan fingerprint density at radius 2 is 1.90 bits per heavy atom. The zero-order valence-corrected chi connectivity index (χ0v) is 12.4. The number of carbonyl (C=O) groups excluding carboxylic acids is 4. The number of amides is 2. The van der Waals surface area contributed by atoms with Crippen molar-refractivity contribution in [3.8, 4) is 0 Å². The van der Waals surface area contributed by atoms with Crippen molar-refractivity contribution in [1.82, 2.24) is 10.6 Å². The summed E-state index contributed by atoms with van der Waals surface area (Å²) in [6.45, 7) is 4.77. The van der Waals surface area contributed by atoms with Crippen molar-refractivity contribution in [2.75, 3.05) is 6.54 Å². The molecule has 118 valence electrons. The number of ether oxygens (including phenoxy) is 1. The molecule has 8 nitrogen and oxygen atoms in total. The van der Waals surface area contributed by atoms with Crippen LogP contribution in [-0.2, 0) is 23.9 Å². The summed E-state index contributed by atoms with van der Waals surface area (Å²) in [6, 6.07) is -1.01. The molecule has 0 aromatic heterocycles. The normalized spacial score (nSPS) is 12.0. The van der Waals surface area contributed by atoms with Gasteiger partial charge in [0.2, 0.25) is 12.3 Å². The van der Waals surface area contributed by atoms with E-state index in [1.165, 1.54) is 0 Å². The van der Waals surface area contributed by atoms with Crippen molar-refractivity contribution >= 4 is 30.3 Å². The second-order valence-electron chi connectivity index (χ2n) is 5.30. The van der Waals surface area contributed by atoms with E-state index in [-0.39, 0.29) is 19.4 Å². The van der Waals surface area contributed by atoms with Gasteiger partial charge in [-0.1, -0.05) is 0 Å². The molecular weight excluding hydrogens is 278 g/mol. The lowest BCUT2D eigenvalue weighted by Gasteiger charge is -2.24. The summed E-state index contributed by atoms with van der Waals surface area (Å²) in [5.74, 6) is -1.69. The lowest BCUT2D eigenvalue weighted by molar-refractivity contribution is -0.158. The third-order valence-corrected chi connectivity index (χ3v) is 2.21. The SMILES string of the molecule is CC(C)(C)OC(=O)C(CCC(=O)C=N)NC(=O)CNC=O. The summed E-state index contributed by atoms with van der Waals surface area (Å²) in [5, 5.41) is 11.4. The minimum atomic E-state index is -1.01. The minimum Gasteiger partial charge on any atom is -0.458 e. The Labute approximate surface area is 123 Å². The minimum absolute atomic E-state index is 0.0238. The van der Waals surface area contributed by atoms with Gasteiger partial charge < -0.3 is 20.8 Å². The topological polar surface area (TPSA) is 125 Å². The lowest BCUT2D eigenvalue weighted by Crippen LogP contribution is -2.47. The summed E-state index contributed by atoms with van der Waals surface area (Å²) < 4.78 is 5.16. The van der Waals surface area contributed by atoms with E-state index in [0.29, 0.717) is 12.6 Å². The smallest absolute Gasteiger partial charge is 0.329 e. The van der Waals surface area contributed by atoms with Crippen molar-refractivity contribution < 1.29 is 23.9 Å². The summed E-state index contributed by atoms with van der Waals surface area (Å²) in [5.41, 5.74) is -0.729. The Balaban J connectivity index is 4.70. The molecule has 0 saturated heterocycles. The van der Waals surface area contributed by atoms with Crippen molar-refractivity contribution in [3.63, 3.8) is 0 Å². The van der Waals surface area contributed by atoms with E-state index in [1.54, 1.807) is 20.8 Å². The summed E-state index contributed by atoms with van der Waals surface area (Å²) >= 11 is 0. The van der Waals surface area contributed by atoms with Crippen LogP contribution in [0.5, 0.6) is 0 Å². The van der Waals surface area contributed by atoms with Crippen LogP contribution in [0.2, 0.25) is 0 Å². The molecule has 0 aliphatic rings. The average Bonchev–Trinajstić information content (AvgIpc) is 2.38. The van der Waals surface area contributed by atoms with Gasteiger partial charge >= 0.3 is 5.97 Å². The molecule has 0 aliphatic carbocycles. The maximum atomic E-state index is 12.0. The molecule has 1 atom stereocenters. The van der Waals surface area contributed by atoms with Gasteiger partial charge in [-0.25, -0.2) is 4.79 Å². The van der Waals surface area contributed by atoms with Crippen LogP contribution in [0.1, 0.15) is 33.6 Å². The molecular formula is C13H21N3O5. The molecule has 0 radical (unpaired) electrons. The second kappa shape index (κ2) is 8.83. The van der Waals surface area contributed by atoms with Crippen molar-refractivity contribution in [2.24, 2.45) is 0 Å². The molecule has 0 spiro atoms. The number of hydrogen-bond acceptors (Lipinski definition) is 6. The van der Waals surface area contributed by atoms with Gasteiger partial charge in [0.05, 0.1) is 12.8 Å². The van der Waals surface area contributed by atoms with Crippen LogP contribution in [0.3, 0.4) is 0 Å². The molecule has 0 heterocycles. The van der Waals surface area contributed by atoms with Gasteiger partial charge in [0, 0.05) is 6.42 Å². The number of carbonyl (C=O) groups is 4. The Hall–Kier alpha value is -2.25. The highest BCUT2D eigenvalue weighted by atomic mass is 16.6. The first-order valence-corrected chi connectivity index (χ1v) is 6.42. The molecule has 0 saturated carbocycles. The van der Waals surface area contributed by atoms with Crippen LogP contribution in [0, 0.1) is 5.41 Å². The Kier molecular flexibility index (Phi) is 7.88. The number of Topliss-reactive ketones (excluding diaryl/α,β-unsaturated/α-hetero) is 1. The van der Waals surface area contributed by atoms with E-state index < -0.39 is 29.3 Å². The zero-order valence-electron chi connectivity index (χ0n) is 12.4. The van der Waals surface area contributed by atoms with Gasteiger partial charge in [-0.3, -0.25) is 14.4 Å². The Bertz CT molecular complexity index is 415. The zero-order chi connectivity index (χ0) is 16.5. The van der Waals surface area contributed by atoms with Crippen LogP contribution < -0.4 is 10.6 Å². The van der Waals surface area contributed by atoms with E-state index in [2.05, 4.69) is 10.6 Å². The fourth-order valence-electron chi connectivity index (χ4n) is 1.36. The van der Waals surface area contributed by atoms with E-state index >= 15 is 0 Å². The number of hydrogen-bond donors (Lipinski definition) is 3. The second-order valence-corrected chi connectivity index (χ2v) is 5.30. The third-order valence-electron chi connectivity index (χ3n) is 2.21. The fourth-order valence-corrected chi connectivity index (χ4v) is 1.36. The summed E-state index contributed by atoms with van der Waals surface area (Å²) in [6.07, 6.45) is 0.979. The fraction of sp³-hybridized carbons (Fsp3) is 0.615. The van der Waals surface area contributed by atoms with Crippen LogP contribution in [0.15, 0.2) is 0 Å². The van der Waals surface area contributed by atoms with Crippen LogP contribution in [0.4, 0.5) is 0 Å². The van der Waals surface area contributed by atoms with E-state index in [4.69, 9.17) is 10.1 Å². The maximum absolute atomic E-state index is 12.0. The molecule has 3 N–H and O–H groups in total. The van der Waals surface area contributed by atoms with Gasteiger partial charge in [-0.05, 0) is 27.2 Å². The van der Waals surface area contributed by atoms with Gasteiger partial charge in [0.25, 0.3) is 0 Å². The number of rotatable bonds is 9. The molecule has 0 fully saturated rings. The van der Waals surface area contributed by atoms with Gasteiger partial charge in [-0.15, -0.1) is 0 Å². The molecule has 0 aromatic carbocycles.